The van der Waals surface area contributed by atoms with Crippen molar-refractivity contribution in [2.45, 2.75) is 25.7 Å². The number of pyridine rings is 1. The summed E-state index contributed by atoms with van der Waals surface area (Å²) in [5.41, 5.74) is 3.75. The summed E-state index contributed by atoms with van der Waals surface area (Å²) in [4.78, 5) is 27.3. The van der Waals surface area contributed by atoms with Crippen LogP contribution in [0.2, 0.25) is 0 Å². The van der Waals surface area contributed by atoms with Gasteiger partial charge < -0.3 is 4.90 Å². The van der Waals surface area contributed by atoms with Crippen LogP contribution < -0.4 is 0 Å². The Morgan fingerprint density at radius 1 is 1.23 bits per heavy atom. The van der Waals surface area contributed by atoms with Gasteiger partial charge in [-0.15, -0.1) is 0 Å². The average Bonchev–Trinajstić information content (AvgIpc) is 3.14. The van der Waals surface area contributed by atoms with Crippen LogP contribution in [-0.2, 0) is 0 Å². The van der Waals surface area contributed by atoms with E-state index in [0.29, 0.717) is 18.8 Å². The van der Waals surface area contributed by atoms with Crippen molar-refractivity contribution in [2.24, 2.45) is 0 Å². The van der Waals surface area contributed by atoms with Gasteiger partial charge in [-0.1, -0.05) is 5.16 Å². The molecule has 8 nitrogen and oxygen atoms in total. The molecule has 3 aromatic rings. The number of nitrogens with zero attached hydrogens (tertiary/aromatic N) is 6. The Balaban J connectivity index is 1.61. The molecule has 0 saturated carbocycles. The Morgan fingerprint density at radius 3 is 2.85 bits per heavy atom. The predicted octanol–water partition coefficient (Wildman–Crippen LogP) is 2.25. The third-order valence-corrected chi connectivity index (χ3v) is 4.68. The van der Waals surface area contributed by atoms with Crippen molar-refractivity contribution in [3.63, 3.8) is 0 Å². The van der Waals surface area contributed by atoms with Crippen LogP contribution in [0.1, 0.15) is 40.6 Å². The van der Waals surface area contributed by atoms with Gasteiger partial charge in [0.15, 0.2) is 5.69 Å². The maximum absolute atomic E-state index is 12.7. The minimum absolute atomic E-state index is 0.138. The van der Waals surface area contributed by atoms with Crippen LogP contribution in [0.15, 0.2) is 41.7 Å². The van der Waals surface area contributed by atoms with E-state index in [-0.39, 0.29) is 17.5 Å². The molecule has 4 rings (SSSR count). The summed E-state index contributed by atoms with van der Waals surface area (Å²) >= 11 is 0. The topological polar surface area (TPSA) is 97.9 Å². The van der Waals surface area contributed by atoms with Crippen LogP contribution in [0.4, 0.5) is 0 Å². The van der Waals surface area contributed by atoms with Gasteiger partial charge >= 0.3 is 0 Å². The van der Waals surface area contributed by atoms with E-state index in [4.69, 9.17) is 0 Å². The molecule has 0 aliphatic carbocycles. The van der Waals surface area contributed by atoms with Gasteiger partial charge in [-0.3, -0.25) is 9.78 Å². The molecule has 0 unspecified atom stereocenters. The Kier molecular flexibility index (Phi) is 4.39. The fourth-order valence-electron chi connectivity index (χ4n) is 3.38. The third kappa shape index (κ3) is 3.05. The molecule has 8 heteroatoms. The smallest absolute Gasteiger partial charge is 0.278 e. The fraction of sp³-hybridized carbons (Fsp3) is 0.333. The molecule has 26 heavy (non-hydrogen) atoms. The van der Waals surface area contributed by atoms with E-state index in [1.165, 1.54) is 0 Å². The number of carbonyl (C=O) groups excluding carboxylic acids is 1. The molecule has 1 amide bonds. The van der Waals surface area contributed by atoms with Crippen LogP contribution in [0.3, 0.4) is 0 Å². The summed E-state index contributed by atoms with van der Waals surface area (Å²) in [5.74, 6) is -0.00741. The molecule has 1 aliphatic heterocycles. The summed E-state index contributed by atoms with van der Waals surface area (Å²) in [7, 11) is 0. The van der Waals surface area contributed by atoms with Crippen LogP contribution in [0.25, 0.3) is 11.1 Å². The van der Waals surface area contributed by atoms with E-state index >= 15 is 0 Å². The highest BCUT2D eigenvalue weighted by Gasteiger charge is 2.30. The largest absolute Gasteiger partial charge is 0.336 e. The highest BCUT2D eigenvalue weighted by molar-refractivity contribution is 5.93. The first-order valence-corrected chi connectivity index (χ1v) is 8.53. The first kappa shape index (κ1) is 16.3. The van der Waals surface area contributed by atoms with E-state index < -0.39 is 0 Å². The Labute approximate surface area is 150 Å². The van der Waals surface area contributed by atoms with Crippen molar-refractivity contribution in [3.8, 4) is 11.1 Å². The van der Waals surface area contributed by atoms with Crippen molar-refractivity contribution in [1.82, 2.24) is 30.2 Å². The number of rotatable bonds is 3. The summed E-state index contributed by atoms with van der Waals surface area (Å²) in [6, 6.07) is 3.89. The summed E-state index contributed by atoms with van der Waals surface area (Å²) in [6.07, 6.45) is 8.76. The van der Waals surface area contributed by atoms with Crippen molar-refractivity contribution in [2.75, 3.05) is 13.1 Å². The molecule has 1 saturated heterocycles. The maximum Gasteiger partial charge on any atom is 0.278 e. The van der Waals surface area contributed by atoms with Crippen molar-refractivity contribution in [3.05, 3.63) is 54.1 Å². The minimum atomic E-state index is -0.145. The summed E-state index contributed by atoms with van der Waals surface area (Å²) in [6.45, 7) is 2.99. The Hall–Kier alpha value is -3.16. The molecule has 0 radical (unpaired) electrons. The molecular formula is C18H18N6O2. The zero-order chi connectivity index (χ0) is 17.9. The van der Waals surface area contributed by atoms with E-state index in [0.717, 1.165) is 29.7 Å². The lowest BCUT2D eigenvalue weighted by Gasteiger charge is -2.32. The SMILES string of the molecule is Cc1nonc1C(=O)N1CCC[C@H](c2ncncc2-c2ccncc2)C1. The molecule has 1 aliphatic rings. The Morgan fingerprint density at radius 2 is 2.08 bits per heavy atom. The zero-order valence-corrected chi connectivity index (χ0v) is 14.4. The molecule has 132 valence electrons. The number of piperidine rings is 1. The van der Waals surface area contributed by atoms with E-state index in [1.54, 1.807) is 30.5 Å². The normalized spacial score (nSPS) is 17.3. The van der Waals surface area contributed by atoms with Crippen LogP contribution in [0, 0.1) is 6.92 Å². The summed E-state index contributed by atoms with van der Waals surface area (Å²) < 4.78 is 4.67. The van der Waals surface area contributed by atoms with E-state index in [2.05, 4.69) is 29.9 Å². The van der Waals surface area contributed by atoms with Crippen LogP contribution in [0.5, 0.6) is 0 Å². The molecule has 0 aromatic carbocycles. The second-order valence-electron chi connectivity index (χ2n) is 6.35. The van der Waals surface area contributed by atoms with Gasteiger partial charge in [0.05, 0.1) is 5.69 Å². The molecule has 3 aromatic heterocycles. The molecular weight excluding hydrogens is 332 g/mol. The highest BCUT2D eigenvalue weighted by atomic mass is 16.6. The lowest BCUT2D eigenvalue weighted by atomic mass is 9.90. The van der Waals surface area contributed by atoms with Gasteiger partial charge in [0.2, 0.25) is 0 Å². The lowest BCUT2D eigenvalue weighted by molar-refractivity contribution is 0.0694. The standard InChI is InChI=1S/C18H18N6O2/c1-12-16(23-26-22-12)18(25)24-8-2-3-14(10-24)17-15(9-20-11-21-17)13-4-6-19-7-5-13/h4-7,9,11,14H,2-3,8,10H2,1H3/t14-/m0/s1. The van der Waals surface area contributed by atoms with Crippen LogP contribution in [-0.4, -0.2) is 49.2 Å². The Bertz CT molecular complexity index is 911. The molecule has 4 heterocycles. The number of hydrogen-bond donors (Lipinski definition) is 0. The highest BCUT2D eigenvalue weighted by Crippen LogP contribution is 2.32. The van der Waals surface area contributed by atoms with Gasteiger partial charge in [0, 0.05) is 43.2 Å². The fourth-order valence-corrected chi connectivity index (χ4v) is 3.38. The second kappa shape index (κ2) is 6.99. The molecule has 1 fully saturated rings. The third-order valence-electron chi connectivity index (χ3n) is 4.68. The first-order valence-electron chi connectivity index (χ1n) is 8.53. The zero-order valence-electron chi connectivity index (χ0n) is 14.4. The number of aromatic nitrogens is 5. The molecule has 0 bridgehead atoms. The average molecular weight is 350 g/mol. The number of aryl methyl sites for hydroxylation is 1. The molecule has 0 spiro atoms. The second-order valence-corrected chi connectivity index (χ2v) is 6.35. The minimum Gasteiger partial charge on any atom is -0.336 e. The number of hydrogen-bond acceptors (Lipinski definition) is 7. The lowest BCUT2D eigenvalue weighted by Crippen LogP contribution is -2.39. The number of carbonyl (C=O) groups is 1. The van der Waals surface area contributed by atoms with Gasteiger partial charge in [-0.2, -0.15) is 0 Å². The molecule has 0 N–H and O–H groups in total. The van der Waals surface area contributed by atoms with Crippen molar-refractivity contribution >= 4 is 5.91 Å². The van der Waals surface area contributed by atoms with Gasteiger partial charge in [0.1, 0.15) is 12.0 Å². The van der Waals surface area contributed by atoms with Crippen LogP contribution >= 0.6 is 0 Å². The number of amides is 1. The van der Waals surface area contributed by atoms with Gasteiger partial charge in [0.25, 0.3) is 5.91 Å². The first-order chi connectivity index (χ1) is 12.7. The molecule has 1 atom stereocenters. The van der Waals surface area contributed by atoms with Gasteiger partial charge in [-0.05, 0) is 42.6 Å². The quantitative estimate of drug-likeness (QED) is 0.714. The monoisotopic (exact) mass is 350 g/mol. The van der Waals surface area contributed by atoms with E-state index in [1.807, 2.05) is 18.3 Å². The van der Waals surface area contributed by atoms with E-state index in [9.17, 15) is 4.79 Å². The number of likely N-dealkylation sites (tertiary alicyclic amines) is 1. The predicted molar refractivity (Wildman–Crippen MR) is 92.2 cm³/mol. The van der Waals surface area contributed by atoms with Crippen molar-refractivity contribution < 1.29 is 9.42 Å². The van der Waals surface area contributed by atoms with Gasteiger partial charge in [-0.25, -0.2) is 14.6 Å². The maximum atomic E-state index is 12.7. The summed E-state index contributed by atoms with van der Waals surface area (Å²) in [5, 5.41) is 7.45. The van der Waals surface area contributed by atoms with Crippen molar-refractivity contribution in [1.29, 1.82) is 0 Å².